The predicted molar refractivity (Wildman–Crippen MR) is 63.8 cm³/mol. The van der Waals surface area contributed by atoms with Gasteiger partial charge in [0.25, 0.3) is 0 Å². The number of nitrogens with one attached hydrogen (secondary N) is 1. The highest BCUT2D eigenvalue weighted by molar-refractivity contribution is 8.00. The summed E-state index contributed by atoms with van der Waals surface area (Å²) in [7, 11) is 0. The molecule has 3 nitrogen and oxygen atoms in total. The van der Waals surface area contributed by atoms with E-state index in [1.54, 1.807) is 12.4 Å². The molecule has 0 bridgehead atoms. The Kier molecular flexibility index (Phi) is 3.59. The van der Waals surface area contributed by atoms with Crippen molar-refractivity contribution >= 4 is 11.8 Å². The summed E-state index contributed by atoms with van der Waals surface area (Å²) < 4.78 is 0.425. The largest absolute Gasteiger partial charge is 0.308 e. The first-order chi connectivity index (χ1) is 7.29. The lowest BCUT2D eigenvalue weighted by molar-refractivity contribution is 0.530. The van der Waals surface area contributed by atoms with Gasteiger partial charge in [0.2, 0.25) is 0 Å². The highest BCUT2D eigenvalue weighted by atomic mass is 32.2. The molecule has 1 saturated heterocycles. The molecule has 2 heterocycles. The van der Waals surface area contributed by atoms with E-state index in [0.29, 0.717) is 4.75 Å². The number of hydrogen-bond donors (Lipinski definition) is 1. The van der Waals surface area contributed by atoms with E-state index >= 15 is 0 Å². The number of rotatable bonds is 4. The monoisotopic (exact) mass is 223 g/mol. The highest BCUT2D eigenvalue weighted by Gasteiger charge is 2.28. The number of thioether (sulfide) groups is 1. The van der Waals surface area contributed by atoms with Gasteiger partial charge in [0.15, 0.2) is 0 Å². The Hall–Kier alpha value is -0.610. The molecule has 1 aliphatic rings. The van der Waals surface area contributed by atoms with Crippen molar-refractivity contribution in [3.8, 4) is 0 Å². The maximum atomic E-state index is 4.19. The van der Waals surface area contributed by atoms with E-state index in [2.05, 4.69) is 34.0 Å². The molecule has 0 saturated carbocycles. The molecule has 1 aromatic rings. The molecule has 4 heteroatoms. The molecule has 0 aliphatic carbocycles. The van der Waals surface area contributed by atoms with Crippen LogP contribution in [0.3, 0.4) is 0 Å². The van der Waals surface area contributed by atoms with E-state index < -0.39 is 0 Å². The molecule has 1 unspecified atom stereocenters. The maximum absolute atomic E-state index is 4.19. The van der Waals surface area contributed by atoms with E-state index in [0.717, 1.165) is 18.9 Å². The van der Waals surface area contributed by atoms with Crippen LogP contribution < -0.4 is 5.32 Å². The molecule has 1 fully saturated rings. The molecule has 0 aromatic carbocycles. The van der Waals surface area contributed by atoms with Crippen molar-refractivity contribution in [2.75, 3.05) is 12.3 Å². The van der Waals surface area contributed by atoms with Crippen LogP contribution in [0.2, 0.25) is 0 Å². The second kappa shape index (κ2) is 4.94. The Labute approximate surface area is 95.1 Å². The Morgan fingerprint density at radius 1 is 1.47 bits per heavy atom. The van der Waals surface area contributed by atoms with Gasteiger partial charge in [0.1, 0.15) is 5.82 Å². The molecule has 2 rings (SSSR count). The summed E-state index contributed by atoms with van der Waals surface area (Å²) in [6.07, 6.45) is 6.25. The van der Waals surface area contributed by atoms with Gasteiger partial charge in [-0.2, -0.15) is 11.8 Å². The van der Waals surface area contributed by atoms with E-state index in [9.17, 15) is 0 Å². The summed E-state index contributed by atoms with van der Waals surface area (Å²) in [4.78, 5) is 8.37. The Balaban J connectivity index is 1.75. The summed E-state index contributed by atoms with van der Waals surface area (Å²) in [6.45, 7) is 4.16. The van der Waals surface area contributed by atoms with Crippen LogP contribution in [0.1, 0.15) is 25.6 Å². The zero-order valence-electron chi connectivity index (χ0n) is 9.07. The van der Waals surface area contributed by atoms with Crippen LogP contribution in [0.5, 0.6) is 0 Å². The normalized spacial score (nSPS) is 25.7. The van der Waals surface area contributed by atoms with Crippen molar-refractivity contribution in [1.82, 2.24) is 15.3 Å². The second-order valence-electron chi connectivity index (χ2n) is 4.17. The van der Waals surface area contributed by atoms with Gasteiger partial charge < -0.3 is 5.32 Å². The van der Waals surface area contributed by atoms with Crippen LogP contribution in [0.4, 0.5) is 0 Å². The number of hydrogen-bond acceptors (Lipinski definition) is 4. The minimum Gasteiger partial charge on any atom is -0.308 e. The Bertz CT molecular complexity index is 296. The molecule has 0 radical (unpaired) electrons. The molecule has 15 heavy (non-hydrogen) atoms. The van der Waals surface area contributed by atoms with Gasteiger partial charge in [-0.05, 0) is 31.6 Å². The lowest BCUT2D eigenvalue weighted by Crippen LogP contribution is -2.32. The first kappa shape index (κ1) is 10.9. The van der Waals surface area contributed by atoms with Gasteiger partial charge >= 0.3 is 0 Å². The van der Waals surface area contributed by atoms with Crippen molar-refractivity contribution in [3.05, 3.63) is 24.3 Å². The van der Waals surface area contributed by atoms with Crippen LogP contribution in [0.15, 0.2) is 18.5 Å². The third kappa shape index (κ3) is 3.18. The van der Waals surface area contributed by atoms with Crippen LogP contribution >= 0.6 is 11.8 Å². The van der Waals surface area contributed by atoms with Crippen molar-refractivity contribution in [1.29, 1.82) is 0 Å². The van der Waals surface area contributed by atoms with E-state index in [-0.39, 0.29) is 0 Å². The SMILES string of the molecule is CC1(CNCc2ncccn2)CCCS1. The fourth-order valence-electron chi connectivity index (χ4n) is 1.84. The minimum absolute atomic E-state index is 0.425. The van der Waals surface area contributed by atoms with E-state index in [1.807, 2.05) is 6.07 Å². The summed E-state index contributed by atoms with van der Waals surface area (Å²) in [5, 5.41) is 3.44. The second-order valence-corrected chi connectivity index (χ2v) is 5.85. The average Bonchev–Trinajstić information content (AvgIpc) is 2.67. The van der Waals surface area contributed by atoms with Gasteiger partial charge in [-0.1, -0.05) is 0 Å². The molecule has 82 valence electrons. The first-order valence-corrected chi connectivity index (χ1v) is 6.38. The quantitative estimate of drug-likeness (QED) is 0.845. The molecule has 1 atom stereocenters. The van der Waals surface area contributed by atoms with E-state index in [4.69, 9.17) is 0 Å². The molecule has 0 spiro atoms. The van der Waals surface area contributed by atoms with Crippen LogP contribution in [-0.2, 0) is 6.54 Å². The summed E-state index contributed by atoms with van der Waals surface area (Å²) in [5.41, 5.74) is 0. The van der Waals surface area contributed by atoms with Crippen molar-refractivity contribution < 1.29 is 0 Å². The van der Waals surface area contributed by atoms with Gasteiger partial charge in [0, 0.05) is 23.7 Å². The standard InChI is InChI=1S/C11H17N3S/c1-11(4-2-7-15-11)9-12-8-10-13-5-3-6-14-10/h3,5-6,12H,2,4,7-9H2,1H3. The molecular formula is C11H17N3S. The van der Waals surface area contributed by atoms with Gasteiger partial charge in [-0.15, -0.1) is 0 Å². The maximum Gasteiger partial charge on any atom is 0.141 e. The van der Waals surface area contributed by atoms with E-state index in [1.165, 1.54) is 18.6 Å². The molecule has 1 aromatic heterocycles. The van der Waals surface area contributed by atoms with Gasteiger partial charge in [-0.3, -0.25) is 0 Å². The molecule has 1 aliphatic heterocycles. The molecular weight excluding hydrogens is 206 g/mol. The fourth-order valence-corrected chi connectivity index (χ4v) is 3.11. The molecule has 0 amide bonds. The van der Waals surface area contributed by atoms with Crippen molar-refractivity contribution in [3.63, 3.8) is 0 Å². The average molecular weight is 223 g/mol. The lowest BCUT2D eigenvalue weighted by Gasteiger charge is -2.22. The van der Waals surface area contributed by atoms with Gasteiger partial charge in [-0.25, -0.2) is 9.97 Å². The fraction of sp³-hybridized carbons (Fsp3) is 0.636. The zero-order valence-corrected chi connectivity index (χ0v) is 9.89. The van der Waals surface area contributed by atoms with Gasteiger partial charge in [0.05, 0.1) is 6.54 Å². The molecule has 1 N–H and O–H groups in total. The third-order valence-corrected chi connectivity index (χ3v) is 4.24. The number of aromatic nitrogens is 2. The summed E-state index contributed by atoms with van der Waals surface area (Å²) in [5.74, 6) is 2.18. The van der Waals surface area contributed by atoms with Crippen LogP contribution in [0, 0.1) is 0 Å². The lowest BCUT2D eigenvalue weighted by atomic mass is 10.1. The zero-order chi connectivity index (χ0) is 10.6. The summed E-state index contributed by atoms with van der Waals surface area (Å²) in [6, 6.07) is 1.84. The Morgan fingerprint density at radius 3 is 2.93 bits per heavy atom. The van der Waals surface area contributed by atoms with Crippen LogP contribution in [0.25, 0.3) is 0 Å². The van der Waals surface area contributed by atoms with Crippen LogP contribution in [-0.4, -0.2) is 27.0 Å². The number of nitrogens with zero attached hydrogens (tertiary/aromatic N) is 2. The topological polar surface area (TPSA) is 37.8 Å². The van der Waals surface area contributed by atoms with Crippen molar-refractivity contribution in [2.24, 2.45) is 0 Å². The third-order valence-electron chi connectivity index (χ3n) is 2.70. The summed E-state index contributed by atoms with van der Waals surface area (Å²) >= 11 is 2.08. The minimum atomic E-state index is 0.425. The van der Waals surface area contributed by atoms with Crippen molar-refractivity contribution in [2.45, 2.75) is 31.1 Å². The smallest absolute Gasteiger partial charge is 0.141 e. The highest BCUT2D eigenvalue weighted by Crippen LogP contribution is 2.36. The Morgan fingerprint density at radius 2 is 2.27 bits per heavy atom. The predicted octanol–water partition coefficient (Wildman–Crippen LogP) is 1.85. The first-order valence-electron chi connectivity index (χ1n) is 5.39.